The van der Waals surface area contributed by atoms with Gasteiger partial charge >= 0.3 is 0 Å². The summed E-state index contributed by atoms with van der Waals surface area (Å²) in [6, 6.07) is 9.69. The van der Waals surface area contributed by atoms with Gasteiger partial charge in [0.05, 0.1) is 10.5 Å². The van der Waals surface area contributed by atoms with Crippen molar-refractivity contribution in [1.82, 2.24) is 9.71 Å². The molecule has 1 aliphatic heterocycles. The van der Waals surface area contributed by atoms with Crippen molar-refractivity contribution in [3.8, 4) is 0 Å². The molecule has 28 heavy (non-hydrogen) atoms. The van der Waals surface area contributed by atoms with Gasteiger partial charge in [0.15, 0.2) is 0 Å². The topological polar surface area (TPSA) is 91.4 Å². The first-order valence-corrected chi connectivity index (χ1v) is 10.8. The van der Waals surface area contributed by atoms with Gasteiger partial charge < -0.3 is 10.2 Å². The molecule has 8 heteroatoms. The first kappa shape index (κ1) is 20.3. The van der Waals surface area contributed by atoms with Crippen LogP contribution in [0.25, 0.3) is 0 Å². The maximum Gasteiger partial charge on any atom is 0.259 e. The highest BCUT2D eigenvalue weighted by atomic mass is 32.2. The summed E-state index contributed by atoms with van der Waals surface area (Å²) in [6.45, 7) is 7.09. The highest BCUT2D eigenvalue weighted by Crippen LogP contribution is 2.24. The maximum atomic E-state index is 12.8. The first-order valence-electron chi connectivity index (χ1n) is 9.31. The molecule has 0 unspecified atom stereocenters. The zero-order valence-electron chi connectivity index (χ0n) is 16.4. The third kappa shape index (κ3) is 4.88. The van der Waals surface area contributed by atoms with E-state index in [1.54, 1.807) is 51.2 Å². The van der Waals surface area contributed by atoms with Gasteiger partial charge in [-0.05, 0) is 63.9 Å². The van der Waals surface area contributed by atoms with Crippen LogP contribution in [0.1, 0.15) is 44.0 Å². The third-order valence-corrected chi connectivity index (χ3v) is 6.04. The van der Waals surface area contributed by atoms with Crippen molar-refractivity contribution >= 4 is 27.4 Å². The number of rotatable bonds is 5. The van der Waals surface area contributed by atoms with E-state index in [2.05, 4.69) is 19.9 Å². The molecule has 3 rings (SSSR count). The predicted octanol–water partition coefficient (Wildman–Crippen LogP) is 3.01. The van der Waals surface area contributed by atoms with E-state index < -0.39 is 15.6 Å². The molecular formula is C20H26N4O3S. The first-order chi connectivity index (χ1) is 13.2. The van der Waals surface area contributed by atoms with Crippen molar-refractivity contribution in [3.63, 3.8) is 0 Å². The molecule has 0 aliphatic carbocycles. The Labute approximate surface area is 166 Å². The Balaban J connectivity index is 1.83. The Bertz CT molecular complexity index is 961. The van der Waals surface area contributed by atoms with Crippen molar-refractivity contribution in [2.24, 2.45) is 0 Å². The molecule has 2 N–H and O–H groups in total. The molecule has 150 valence electrons. The number of benzene rings is 1. The second kappa shape index (κ2) is 7.89. The van der Waals surface area contributed by atoms with Crippen molar-refractivity contribution in [3.05, 3.63) is 48.2 Å². The summed E-state index contributed by atoms with van der Waals surface area (Å²) in [6.07, 6.45) is 3.84. The second-order valence-electron chi connectivity index (χ2n) is 7.91. The van der Waals surface area contributed by atoms with E-state index in [4.69, 9.17) is 0 Å². The number of nitrogens with zero attached hydrogens (tertiary/aromatic N) is 2. The van der Waals surface area contributed by atoms with E-state index in [1.807, 2.05) is 0 Å². The molecule has 1 aliphatic rings. The Hall–Kier alpha value is -2.45. The third-order valence-electron chi connectivity index (χ3n) is 4.28. The number of carbonyl (C=O) groups is 1. The SMILES string of the molecule is CC(C)(C)NS(=O)(=O)c1cccc(NC(=O)c2cccnc2N2CCCC2)c1. The van der Waals surface area contributed by atoms with Crippen molar-refractivity contribution in [1.29, 1.82) is 0 Å². The van der Waals surface area contributed by atoms with Crippen LogP contribution < -0.4 is 14.9 Å². The lowest BCUT2D eigenvalue weighted by molar-refractivity contribution is 0.102. The van der Waals surface area contributed by atoms with Gasteiger partial charge in [0.25, 0.3) is 5.91 Å². The zero-order valence-corrected chi connectivity index (χ0v) is 17.2. The number of nitrogens with one attached hydrogen (secondary N) is 2. The number of aromatic nitrogens is 1. The Kier molecular flexibility index (Phi) is 5.71. The van der Waals surface area contributed by atoms with E-state index >= 15 is 0 Å². The molecule has 0 spiro atoms. The monoisotopic (exact) mass is 402 g/mol. The minimum absolute atomic E-state index is 0.103. The van der Waals surface area contributed by atoms with Gasteiger partial charge in [0.1, 0.15) is 5.82 Å². The van der Waals surface area contributed by atoms with Crippen LogP contribution >= 0.6 is 0 Å². The molecule has 0 radical (unpaired) electrons. The molecule has 1 saturated heterocycles. The Morgan fingerprint density at radius 1 is 1.11 bits per heavy atom. The minimum atomic E-state index is -3.68. The fraction of sp³-hybridized carbons (Fsp3) is 0.400. The molecule has 0 saturated carbocycles. The van der Waals surface area contributed by atoms with Gasteiger partial charge in [0, 0.05) is 30.5 Å². The lowest BCUT2D eigenvalue weighted by atomic mass is 10.1. The summed E-state index contributed by atoms with van der Waals surface area (Å²) in [4.78, 5) is 19.4. The van der Waals surface area contributed by atoms with Crippen LogP contribution in [-0.4, -0.2) is 37.9 Å². The summed E-state index contributed by atoms with van der Waals surface area (Å²) in [5.74, 6) is 0.351. The van der Waals surface area contributed by atoms with E-state index in [0.29, 0.717) is 17.1 Å². The quantitative estimate of drug-likeness (QED) is 0.802. The van der Waals surface area contributed by atoms with Crippen LogP contribution in [0, 0.1) is 0 Å². The van der Waals surface area contributed by atoms with Crippen molar-refractivity contribution < 1.29 is 13.2 Å². The number of carbonyl (C=O) groups excluding carboxylic acids is 1. The van der Waals surface area contributed by atoms with Crippen molar-refractivity contribution in [2.45, 2.75) is 44.0 Å². The fourth-order valence-corrected chi connectivity index (χ4v) is 4.62. The molecule has 0 bridgehead atoms. The summed E-state index contributed by atoms with van der Waals surface area (Å²) >= 11 is 0. The molecule has 7 nitrogen and oxygen atoms in total. The highest BCUT2D eigenvalue weighted by Gasteiger charge is 2.23. The van der Waals surface area contributed by atoms with Gasteiger partial charge in [0.2, 0.25) is 10.0 Å². The molecule has 1 aromatic carbocycles. The molecule has 1 fully saturated rings. The second-order valence-corrected chi connectivity index (χ2v) is 9.59. The molecule has 2 heterocycles. The smallest absolute Gasteiger partial charge is 0.259 e. The molecule has 2 aromatic rings. The predicted molar refractivity (Wildman–Crippen MR) is 110 cm³/mol. The van der Waals surface area contributed by atoms with Gasteiger partial charge in [-0.3, -0.25) is 4.79 Å². The van der Waals surface area contributed by atoms with Gasteiger partial charge in [-0.1, -0.05) is 6.07 Å². The summed E-state index contributed by atoms with van der Waals surface area (Å²) in [5.41, 5.74) is 0.293. The average molecular weight is 403 g/mol. The number of amides is 1. The van der Waals surface area contributed by atoms with Gasteiger partial charge in [-0.15, -0.1) is 0 Å². The fourth-order valence-electron chi connectivity index (χ4n) is 3.16. The molecule has 1 amide bonds. The van der Waals surface area contributed by atoms with Crippen LogP contribution in [0.4, 0.5) is 11.5 Å². The number of hydrogen-bond donors (Lipinski definition) is 2. The van der Waals surface area contributed by atoms with E-state index in [1.165, 1.54) is 12.1 Å². The standard InChI is InChI=1S/C20H26N4O3S/c1-20(2,3)23-28(26,27)16-9-6-8-15(14-16)22-19(25)17-10-7-11-21-18(17)24-12-4-5-13-24/h6-11,14,23H,4-5,12-13H2,1-3H3,(H,22,25). The summed E-state index contributed by atoms with van der Waals surface area (Å²) in [5, 5.41) is 2.80. The number of anilines is 2. The number of pyridine rings is 1. The van der Waals surface area contributed by atoms with Gasteiger partial charge in [-0.2, -0.15) is 0 Å². The Morgan fingerprint density at radius 3 is 2.50 bits per heavy atom. The summed E-state index contributed by atoms with van der Waals surface area (Å²) < 4.78 is 27.7. The molecular weight excluding hydrogens is 376 g/mol. The highest BCUT2D eigenvalue weighted by molar-refractivity contribution is 7.89. The minimum Gasteiger partial charge on any atom is -0.356 e. The largest absolute Gasteiger partial charge is 0.356 e. The number of hydrogen-bond acceptors (Lipinski definition) is 5. The van der Waals surface area contributed by atoms with Crippen molar-refractivity contribution in [2.75, 3.05) is 23.3 Å². The van der Waals surface area contributed by atoms with Crippen LogP contribution in [-0.2, 0) is 10.0 Å². The van der Waals surface area contributed by atoms with Crippen LogP contribution in [0.15, 0.2) is 47.5 Å². The average Bonchev–Trinajstić information content (AvgIpc) is 3.14. The van der Waals surface area contributed by atoms with E-state index in [-0.39, 0.29) is 10.8 Å². The van der Waals surface area contributed by atoms with Crippen LogP contribution in [0.5, 0.6) is 0 Å². The lowest BCUT2D eigenvalue weighted by Gasteiger charge is -2.21. The molecule has 0 atom stereocenters. The number of sulfonamides is 1. The zero-order chi connectivity index (χ0) is 20.4. The molecule has 1 aromatic heterocycles. The normalized spacial score (nSPS) is 14.9. The van der Waals surface area contributed by atoms with E-state index in [9.17, 15) is 13.2 Å². The van der Waals surface area contributed by atoms with Gasteiger partial charge in [-0.25, -0.2) is 18.1 Å². The van der Waals surface area contributed by atoms with Crippen LogP contribution in [0.2, 0.25) is 0 Å². The van der Waals surface area contributed by atoms with Crippen LogP contribution in [0.3, 0.4) is 0 Å². The van der Waals surface area contributed by atoms with E-state index in [0.717, 1.165) is 25.9 Å². The lowest BCUT2D eigenvalue weighted by Crippen LogP contribution is -2.40. The Morgan fingerprint density at radius 2 is 1.82 bits per heavy atom. The summed E-state index contributed by atoms with van der Waals surface area (Å²) in [7, 11) is -3.68. The maximum absolute atomic E-state index is 12.8.